The van der Waals surface area contributed by atoms with Gasteiger partial charge in [0.05, 0.1) is 7.11 Å². The maximum Gasteiger partial charge on any atom is 0.131 e. The van der Waals surface area contributed by atoms with Gasteiger partial charge in [0.25, 0.3) is 0 Å². The highest BCUT2D eigenvalue weighted by atomic mass is 19.1. The minimum atomic E-state index is -0.175. The molecule has 4 heteroatoms. The molecule has 3 nitrogen and oxygen atoms in total. The van der Waals surface area contributed by atoms with E-state index in [0.29, 0.717) is 17.9 Å². The predicted octanol–water partition coefficient (Wildman–Crippen LogP) is 1.55. The third kappa shape index (κ3) is 2.76. The quantitative estimate of drug-likeness (QED) is 0.864. The summed E-state index contributed by atoms with van der Waals surface area (Å²) in [6.07, 6.45) is 0. The highest BCUT2D eigenvalue weighted by Gasteiger charge is 2.17. The van der Waals surface area contributed by atoms with Gasteiger partial charge in [0.2, 0.25) is 0 Å². The summed E-state index contributed by atoms with van der Waals surface area (Å²) in [4.78, 5) is 2.25. The van der Waals surface area contributed by atoms with E-state index >= 15 is 0 Å². The van der Waals surface area contributed by atoms with Gasteiger partial charge in [0, 0.05) is 38.3 Å². The van der Waals surface area contributed by atoms with E-state index in [4.69, 9.17) is 4.74 Å². The van der Waals surface area contributed by atoms with Crippen LogP contribution < -0.4 is 10.1 Å². The SMILES string of the molecule is COc1c(C)ccc(F)c1CN1CCNCC1. The molecule has 0 unspecified atom stereocenters. The zero-order valence-electron chi connectivity index (χ0n) is 10.4. The molecule has 1 fully saturated rings. The molecule has 0 aromatic heterocycles. The van der Waals surface area contributed by atoms with Gasteiger partial charge in [-0.15, -0.1) is 0 Å². The van der Waals surface area contributed by atoms with Crippen molar-refractivity contribution in [3.05, 3.63) is 29.1 Å². The Labute approximate surface area is 102 Å². The molecule has 0 saturated carbocycles. The van der Waals surface area contributed by atoms with E-state index in [9.17, 15) is 4.39 Å². The molecule has 1 N–H and O–H groups in total. The number of hydrogen-bond acceptors (Lipinski definition) is 3. The van der Waals surface area contributed by atoms with Gasteiger partial charge in [-0.1, -0.05) is 6.07 Å². The summed E-state index contributed by atoms with van der Waals surface area (Å²) < 4.78 is 19.2. The molecule has 0 amide bonds. The lowest BCUT2D eigenvalue weighted by Crippen LogP contribution is -2.43. The molecular weight excluding hydrogens is 219 g/mol. The van der Waals surface area contributed by atoms with Crippen LogP contribution in [0.4, 0.5) is 4.39 Å². The highest BCUT2D eigenvalue weighted by molar-refractivity contribution is 5.41. The average molecular weight is 238 g/mol. The second kappa shape index (κ2) is 5.47. The third-order valence-electron chi connectivity index (χ3n) is 3.20. The van der Waals surface area contributed by atoms with E-state index in [0.717, 1.165) is 31.7 Å². The first-order valence-electron chi connectivity index (χ1n) is 5.97. The molecule has 1 aliphatic rings. The lowest BCUT2D eigenvalue weighted by Gasteiger charge is -2.28. The molecule has 0 bridgehead atoms. The van der Waals surface area contributed by atoms with Crippen molar-refractivity contribution >= 4 is 0 Å². The van der Waals surface area contributed by atoms with E-state index in [1.807, 2.05) is 6.92 Å². The van der Waals surface area contributed by atoms with Crippen LogP contribution in [0, 0.1) is 12.7 Å². The van der Waals surface area contributed by atoms with Crippen LogP contribution in [0.5, 0.6) is 5.75 Å². The lowest BCUT2D eigenvalue weighted by atomic mass is 10.1. The van der Waals surface area contributed by atoms with Crippen molar-refractivity contribution in [2.45, 2.75) is 13.5 Å². The minimum Gasteiger partial charge on any atom is -0.496 e. The number of piperazine rings is 1. The van der Waals surface area contributed by atoms with Gasteiger partial charge in [0.15, 0.2) is 0 Å². The van der Waals surface area contributed by atoms with Gasteiger partial charge in [-0.2, -0.15) is 0 Å². The first kappa shape index (κ1) is 12.3. The number of ether oxygens (including phenoxy) is 1. The molecule has 94 valence electrons. The Bertz CT molecular complexity index is 389. The summed E-state index contributed by atoms with van der Waals surface area (Å²) in [6, 6.07) is 3.28. The van der Waals surface area contributed by atoms with Crippen LogP contribution in [0.3, 0.4) is 0 Å². The van der Waals surface area contributed by atoms with E-state index in [-0.39, 0.29) is 5.82 Å². The van der Waals surface area contributed by atoms with Crippen LogP contribution in [-0.4, -0.2) is 38.2 Å². The zero-order valence-corrected chi connectivity index (χ0v) is 10.4. The van der Waals surface area contributed by atoms with Crippen molar-refractivity contribution in [1.82, 2.24) is 10.2 Å². The number of nitrogens with one attached hydrogen (secondary N) is 1. The molecule has 1 heterocycles. The maximum absolute atomic E-state index is 13.8. The summed E-state index contributed by atoms with van der Waals surface area (Å²) in [6.45, 7) is 6.41. The normalized spacial score (nSPS) is 17.1. The fourth-order valence-corrected chi connectivity index (χ4v) is 2.25. The van der Waals surface area contributed by atoms with Crippen LogP contribution in [0.1, 0.15) is 11.1 Å². The number of halogens is 1. The summed E-state index contributed by atoms with van der Waals surface area (Å²) in [5, 5.41) is 3.29. The Morgan fingerprint density at radius 2 is 2.06 bits per heavy atom. The Kier molecular flexibility index (Phi) is 3.97. The summed E-state index contributed by atoms with van der Waals surface area (Å²) in [5.41, 5.74) is 1.66. The van der Waals surface area contributed by atoms with Crippen molar-refractivity contribution in [2.75, 3.05) is 33.3 Å². The monoisotopic (exact) mass is 238 g/mol. The second-order valence-corrected chi connectivity index (χ2v) is 4.40. The van der Waals surface area contributed by atoms with Crippen LogP contribution in [0.2, 0.25) is 0 Å². The van der Waals surface area contributed by atoms with Gasteiger partial charge < -0.3 is 10.1 Å². The number of benzene rings is 1. The number of hydrogen-bond donors (Lipinski definition) is 1. The number of nitrogens with zero attached hydrogens (tertiary/aromatic N) is 1. The Hall–Kier alpha value is -1.13. The van der Waals surface area contributed by atoms with Crippen molar-refractivity contribution in [1.29, 1.82) is 0 Å². The molecule has 0 radical (unpaired) electrons. The lowest BCUT2D eigenvalue weighted by molar-refractivity contribution is 0.226. The standard InChI is InChI=1S/C13H19FN2O/c1-10-3-4-12(14)11(13(10)17-2)9-16-7-5-15-6-8-16/h3-4,15H,5-9H2,1-2H3. The zero-order chi connectivity index (χ0) is 12.3. The molecule has 2 rings (SSSR count). The maximum atomic E-state index is 13.8. The van der Waals surface area contributed by atoms with Gasteiger partial charge >= 0.3 is 0 Å². The van der Waals surface area contributed by atoms with Gasteiger partial charge in [-0.3, -0.25) is 4.90 Å². The van der Waals surface area contributed by atoms with Crippen molar-refractivity contribution < 1.29 is 9.13 Å². The summed E-state index contributed by atoms with van der Waals surface area (Å²) in [7, 11) is 1.60. The molecule has 0 aliphatic carbocycles. The van der Waals surface area contributed by atoms with Crippen molar-refractivity contribution in [2.24, 2.45) is 0 Å². The second-order valence-electron chi connectivity index (χ2n) is 4.40. The first-order chi connectivity index (χ1) is 8.22. The van der Waals surface area contributed by atoms with Crippen LogP contribution >= 0.6 is 0 Å². The van der Waals surface area contributed by atoms with Crippen LogP contribution in [0.15, 0.2) is 12.1 Å². The fraction of sp³-hybridized carbons (Fsp3) is 0.538. The van der Waals surface area contributed by atoms with Gasteiger partial charge in [-0.25, -0.2) is 4.39 Å². The molecule has 1 saturated heterocycles. The molecular formula is C13H19FN2O. The largest absolute Gasteiger partial charge is 0.496 e. The van der Waals surface area contributed by atoms with Crippen molar-refractivity contribution in [3.8, 4) is 5.75 Å². The third-order valence-corrected chi connectivity index (χ3v) is 3.20. The Morgan fingerprint density at radius 3 is 2.71 bits per heavy atom. The van der Waals surface area contributed by atoms with E-state index in [2.05, 4.69) is 10.2 Å². The average Bonchev–Trinajstić information content (AvgIpc) is 2.35. The smallest absolute Gasteiger partial charge is 0.131 e. The highest BCUT2D eigenvalue weighted by Crippen LogP contribution is 2.27. The number of aryl methyl sites for hydroxylation is 1. The first-order valence-corrected chi connectivity index (χ1v) is 5.97. The minimum absolute atomic E-state index is 0.175. The summed E-state index contributed by atoms with van der Waals surface area (Å²) >= 11 is 0. The van der Waals surface area contributed by atoms with E-state index < -0.39 is 0 Å². The van der Waals surface area contributed by atoms with Crippen LogP contribution in [-0.2, 0) is 6.54 Å². The topological polar surface area (TPSA) is 24.5 Å². The molecule has 17 heavy (non-hydrogen) atoms. The van der Waals surface area contributed by atoms with Gasteiger partial charge in [0.1, 0.15) is 11.6 Å². The van der Waals surface area contributed by atoms with Crippen molar-refractivity contribution in [3.63, 3.8) is 0 Å². The van der Waals surface area contributed by atoms with Crippen LogP contribution in [0.25, 0.3) is 0 Å². The molecule has 1 aliphatic heterocycles. The predicted molar refractivity (Wildman–Crippen MR) is 65.8 cm³/mol. The van der Waals surface area contributed by atoms with Gasteiger partial charge in [-0.05, 0) is 18.6 Å². The molecule has 0 atom stereocenters. The Morgan fingerprint density at radius 1 is 1.35 bits per heavy atom. The summed E-state index contributed by atoms with van der Waals surface area (Å²) in [5.74, 6) is 0.509. The number of rotatable bonds is 3. The fourth-order valence-electron chi connectivity index (χ4n) is 2.25. The Balaban J connectivity index is 2.21. The molecule has 1 aromatic carbocycles. The van der Waals surface area contributed by atoms with E-state index in [1.54, 1.807) is 13.2 Å². The molecule has 0 spiro atoms. The number of methoxy groups -OCH3 is 1. The molecule has 1 aromatic rings. The van der Waals surface area contributed by atoms with E-state index in [1.165, 1.54) is 6.07 Å².